The fourth-order valence-corrected chi connectivity index (χ4v) is 3.73. The minimum absolute atomic E-state index is 0. The topological polar surface area (TPSA) is 115 Å². The minimum atomic E-state index is -1.25. The molecule has 0 amide bonds. The molecule has 0 aliphatic heterocycles. The number of hydrogen-bond donors (Lipinski definition) is 0. The summed E-state index contributed by atoms with van der Waals surface area (Å²) in [4.78, 5) is 15.9. The standard InChI is InChI=1S/C22H25N5O4S.Na/c1-5-27(8-9-30-10-11-31-14-20(28)29)17-6-7-19(15(2)12-17)25-26-22-18(13-23)16(3)21(24-4)32-22;/h6-7,12H,5,8-11,14H2,1-3H3,(H,28,29);/q;+1/p-1. The molecule has 0 fully saturated rings. The summed E-state index contributed by atoms with van der Waals surface area (Å²) in [6.07, 6.45) is 0. The van der Waals surface area contributed by atoms with Crippen LogP contribution in [0.25, 0.3) is 4.85 Å². The van der Waals surface area contributed by atoms with Crippen molar-refractivity contribution in [2.24, 2.45) is 10.2 Å². The van der Waals surface area contributed by atoms with E-state index in [1.54, 1.807) is 6.92 Å². The molecule has 0 atom stereocenters. The molecule has 168 valence electrons. The molecule has 0 spiro atoms. The summed E-state index contributed by atoms with van der Waals surface area (Å²) in [7, 11) is 0. The minimum Gasteiger partial charge on any atom is -0.548 e. The Morgan fingerprint density at radius 1 is 1.27 bits per heavy atom. The summed E-state index contributed by atoms with van der Waals surface area (Å²) in [5, 5.41) is 29.0. The van der Waals surface area contributed by atoms with Crippen LogP contribution >= 0.6 is 11.3 Å². The van der Waals surface area contributed by atoms with Crippen molar-refractivity contribution >= 4 is 38.7 Å². The van der Waals surface area contributed by atoms with Crippen LogP contribution in [0, 0.1) is 31.8 Å². The first-order valence-corrected chi connectivity index (χ1v) is 10.8. The van der Waals surface area contributed by atoms with E-state index in [4.69, 9.17) is 16.0 Å². The Balaban J connectivity index is 0.00000544. The van der Waals surface area contributed by atoms with Crippen LogP contribution in [-0.4, -0.2) is 45.5 Å². The van der Waals surface area contributed by atoms with Crippen LogP contribution in [0.2, 0.25) is 0 Å². The van der Waals surface area contributed by atoms with Crippen LogP contribution in [-0.2, 0) is 14.3 Å². The van der Waals surface area contributed by atoms with Crippen LogP contribution in [0.3, 0.4) is 0 Å². The number of azo groups is 1. The van der Waals surface area contributed by atoms with E-state index in [1.807, 2.05) is 32.0 Å². The smallest absolute Gasteiger partial charge is 0.548 e. The van der Waals surface area contributed by atoms with Crippen molar-refractivity contribution in [2.45, 2.75) is 20.8 Å². The first-order chi connectivity index (χ1) is 15.4. The third-order valence-electron chi connectivity index (χ3n) is 4.59. The van der Waals surface area contributed by atoms with Crippen LogP contribution in [0.1, 0.15) is 23.6 Å². The van der Waals surface area contributed by atoms with E-state index < -0.39 is 12.6 Å². The number of aryl methyl sites for hydroxylation is 1. The number of aliphatic carboxylic acids is 1. The molecule has 0 N–H and O–H groups in total. The largest absolute Gasteiger partial charge is 1.00 e. The molecule has 0 saturated heterocycles. The zero-order valence-electron chi connectivity index (χ0n) is 19.3. The molecule has 9 nitrogen and oxygen atoms in total. The summed E-state index contributed by atoms with van der Waals surface area (Å²) in [6.45, 7) is 14.9. The van der Waals surface area contributed by atoms with Crippen molar-refractivity contribution in [1.29, 1.82) is 5.26 Å². The van der Waals surface area contributed by atoms with Crippen molar-refractivity contribution < 1.29 is 48.9 Å². The van der Waals surface area contributed by atoms with Crippen molar-refractivity contribution in [3.63, 3.8) is 0 Å². The number of ether oxygens (including phenoxy) is 2. The maximum atomic E-state index is 10.3. The average Bonchev–Trinajstić information content (AvgIpc) is 3.09. The third kappa shape index (κ3) is 8.52. The van der Waals surface area contributed by atoms with Crippen LogP contribution in [0.4, 0.5) is 21.4 Å². The Morgan fingerprint density at radius 2 is 2.00 bits per heavy atom. The van der Waals surface area contributed by atoms with Crippen molar-refractivity contribution in [3.8, 4) is 6.07 Å². The molecule has 0 saturated carbocycles. The van der Waals surface area contributed by atoms with Gasteiger partial charge in [0.1, 0.15) is 11.1 Å². The predicted octanol–water partition coefficient (Wildman–Crippen LogP) is 0.816. The molecule has 2 aromatic rings. The number of carboxylic acid groups (broad SMARTS) is 1. The Hall–Kier alpha value is -2.31. The molecule has 0 radical (unpaired) electrons. The van der Waals surface area contributed by atoms with Gasteiger partial charge in [0.25, 0.3) is 0 Å². The monoisotopic (exact) mass is 477 g/mol. The number of likely N-dealkylation sites (N-methyl/N-ethyl adjacent to an activating group) is 1. The van der Waals surface area contributed by atoms with Gasteiger partial charge in [-0.3, -0.25) is 0 Å². The maximum absolute atomic E-state index is 10.3. The van der Waals surface area contributed by atoms with Gasteiger partial charge in [-0.25, -0.2) is 4.85 Å². The van der Waals surface area contributed by atoms with E-state index >= 15 is 0 Å². The summed E-state index contributed by atoms with van der Waals surface area (Å²) in [5.41, 5.74) is 3.66. The molecule has 1 aromatic carbocycles. The summed E-state index contributed by atoms with van der Waals surface area (Å²) >= 11 is 1.16. The van der Waals surface area contributed by atoms with Gasteiger partial charge in [-0.05, 0) is 50.1 Å². The van der Waals surface area contributed by atoms with E-state index in [9.17, 15) is 15.2 Å². The Kier molecular flexibility index (Phi) is 12.8. The second-order valence-corrected chi connectivity index (χ2v) is 7.70. The Labute approximate surface area is 219 Å². The molecule has 1 aromatic heterocycles. The maximum Gasteiger partial charge on any atom is 1.00 e. The van der Waals surface area contributed by atoms with Gasteiger partial charge in [0.2, 0.25) is 5.00 Å². The zero-order valence-corrected chi connectivity index (χ0v) is 22.1. The van der Waals surface area contributed by atoms with Crippen molar-refractivity contribution in [3.05, 3.63) is 46.3 Å². The number of carbonyl (C=O) groups excluding carboxylic acids is 1. The van der Waals surface area contributed by atoms with Gasteiger partial charge >= 0.3 is 29.6 Å². The van der Waals surface area contributed by atoms with Crippen LogP contribution in [0.15, 0.2) is 28.4 Å². The SMILES string of the molecule is [C-]#[N+]c1sc(N=Nc2ccc(N(CC)CCOCCOCC(=O)[O-])cc2C)c(C#N)c1C.[Na+]. The number of nitriles is 1. The number of nitrogens with zero attached hydrogens (tertiary/aromatic N) is 5. The van der Waals surface area contributed by atoms with Crippen LogP contribution < -0.4 is 39.6 Å². The molecule has 0 aliphatic rings. The molecule has 1 heterocycles. The molecule has 0 unspecified atom stereocenters. The Bertz CT molecular complexity index is 1060. The molecule has 33 heavy (non-hydrogen) atoms. The first-order valence-electron chi connectivity index (χ1n) is 9.94. The average molecular weight is 478 g/mol. The number of carboxylic acids is 1. The third-order valence-corrected chi connectivity index (χ3v) is 5.66. The number of carbonyl (C=O) groups is 1. The normalized spacial score (nSPS) is 10.5. The van der Waals surface area contributed by atoms with E-state index in [2.05, 4.69) is 26.0 Å². The molecule has 0 bridgehead atoms. The van der Waals surface area contributed by atoms with Gasteiger partial charge in [-0.15, -0.1) is 21.6 Å². The summed E-state index contributed by atoms with van der Waals surface area (Å²) in [5.74, 6) is -1.25. The molecular formula is C22H24N5NaO4S. The van der Waals surface area contributed by atoms with E-state index in [-0.39, 0.29) is 36.2 Å². The van der Waals surface area contributed by atoms with E-state index in [0.29, 0.717) is 46.6 Å². The van der Waals surface area contributed by atoms with Gasteiger partial charge in [0, 0.05) is 18.8 Å². The molecule has 11 heteroatoms. The summed E-state index contributed by atoms with van der Waals surface area (Å²) in [6, 6.07) is 7.93. The number of benzene rings is 1. The van der Waals surface area contributed by atoms with Crippen LogP contribution in [0.5, 0.6) is 0 Å². The van der Waals surface area contributed by atoms with Crippen molar-refractivity contribution in [1.82, 2.24) is 0 Å². The van der Waals surface area contributed by atoms with Crippen molar-refractivity contribution in [2.75, 3.05) is 44.4 Å². The molecule has 0 aliphatic carbocycles. The van der Waals surface area contributed by atoms with E-state index in [0.717, 1.165) is 29.1 Å². The number of anilines is 1. The second kappa shape index (κ2) is 14.8. The Morgan fingerprint density at radius 3 is 2.61 bits per heavy atom. The second-order valence-electron chi connectivity index (χ2n) is 6.72. The van der Waals surface area contributed by atoms with E-state index in [1.165, 1.54) is 0 Å². The predicted molar refractivity (Wildman–Crippen MR) is 120 cm³/mol. The number of hydrogen-bond acceptors (Lipinski definition) is 9. The molecular weight excluding hydrogens is 453 g/mol. The molecule has 2 rings (SSSR count). The quantitative estimate of drug-likeness (QED) is 0.193. The number of thiophene rings is 1. The van der Waals surface area contributed by atoms with Gasteiger partial charge in [-0.2, -0.15) is 5.26 Å². The first kappa shape index (κ1) is 28.7. The fourth-order valence-electron chi connectivity index (χ4n) is 2.86. The fraction of sp³-hybridized carbons (Fsp3) is 0.409. The summed E-state index contributed by atoms with van der Waals surface area (Å²) < 4.78 is 10.4. The van der Waals surface area contributed by atoms with Gasteiger partial charge in [0.15, 0.2) is 0 Å². The van der Waals surface area contributed by atoms with Gasteiger partial charge in [0.05, 0.1) is 50.2 Å². The van der Waals surface area contributed by atoms with Gasteiger partial charge < -0.3 is 24.3 Å². The zero-order chi connectivity index (χ0) is 23.5. The van der Waals surface area contributed by atoms with Gasteiger partial charge in [-0.1, -0.05) is 0 Å². The number of rotatable bonds is 12.